The van der Waals surface area contributed by atoms with Gasteiger partial charge >= 0.3 is 0 Å². The van der Waals surface area contributed by atoms with Gasteiger partial charge in [0.15, 0.2) is 0 Å². The van der Waals surface area contributed by atoms with Crippen LogP contribution in [0.5, 0.6) is 0 Å². The molecule has 2 heterocycles. The lowest BCUT2D eigenvalue weighted by atomic mass is 10.0. The quantitative estimate of drug-likeness (QED) is 0.766. The Hall–Kier alpha value is -2.66. The van der Waals surface area contributed by atoms with Gasteiger partial charge in [-0.05, 0) is 28.8 Å². The molecule has 1 saturated heterocycles. The molecule has 1 fully saturated rings. The van der Waals surface area contributed by atoms with Crippen molar-refractivity contribution in [3.05, 3.63) is 60.3 Å². The van der Waals surface area contributed by atoms with Crippen LogP contribution in [0, 0.1) is 0 Å². The topological polar surface area (TPSA) is 44.3 Å². The Labute approximate surface area is 154 Å². The van der Waals surface area contributed by atoms with E-state index in [0.29, 0.717) is 6.04 Å². The van der Waals surface area contributed by atoms with Crippen LogP contribution in [0.4, 0.5) is 11.8 Å². The molecule has 26 heavy (non-hydrogen) atoms. The number of likely N-dealkylation sites (tertiary alicyclic amines) is 1. The maximum absolute atomic E-state index is 4.57. The fourth-order valence-corrected chi connectivity index (χ4v) is 3.62. The molecule has 5 nitrogen and oxygen atoms in total. The summed E-state index contributed by atoms with van der Waals surface area (Å²) in [6, 6.07) is 17.6. The largest absolute Gasteiger partial charge is 0.366 e. The second kappa shape index (κ2) is 7.30. The fraction of sp³-hybridized carbons (Fsp3) is 0.333. The molecule has 0 bridgehead atoms. The Bertz CT molecular complexity index is 887. The Kier molecular flexibility index (Phi) is 4.71. The van der Waals surface area contributed by atoms with Crippen LogP contribution in [-0.4, -0.2) is 48.1 Å². The van der Waals surface area contributed by atoms with Crippen LogP contribution in [0.1, 0.15) is 12.0 Å². The van der Waals surface area contributed by atoms with E-state index in [9.17, 15) is 0 Å². The number of nitrogens with one attached hydrogen (secondary N) is 1. The smallest absolute Gasteiger partial charge is 0.226 e. The van der Waals surface area contributed by atoms with Crippen molar-refractivity contribution in [3.8, 4) is 0 Å². The lowest BCUT2D eigenvalue weighted by Crippen LogP contribution is -2.26. The summed E-state index contributed by atoms with van der Waals surface area (Å²) < 4.78 is 0. The van der Waals surface area contributed by atoms with Gasteiger partial charge in [-0.2, -0.15) is 4.98 Å². The summed E-state index contributed by atoms with van der Waals surface area (Å²) in [4.78, 5) is 13.3. The zero-order valence-corrected chi connectivity index (χ0v) is 15.4. The highest BCUT2D eigenvalue weighted by molar-refractivity contribution is 5.85. The van der Waals surface area contributed by atoms with Gasteiger partial charge in [-0.1, -0.05) is 42.5 Å². The molecule has 0 spiro atoms. The molecular weight excluding hydrogens is 322 g/mol. The van der Waals surface area contributed by atoms with E-state index < -0.39 is 0 Å². The van der Waals surface area contributed by atoms with E-state index in [1.165, 1.54) is 16.3 Å². The number of rotatable bonds is 5. The molecule has 1 atom stereocenters. The minimum Gasteiger partial charge on any atom is -0.366 e. The highest BCUT2D eigenvalue weighted by Crippen LogP contribution is 2.23. The lowest BCUT2D eigenvalue weighted by molar-refractivity contribution is 0.330. The molecular formula is C21H25N5. The van der Waals surface area contributed by atoms with Crippen molar-refractivity contribution in [3.63, 3.8) is 0 Å². The van der Waals surface area contributed by atoms with Gasteiger partial charge in [0, 0.05) is 46.0 Å². The summed E-state index contributed by atoms with van der Waals surface area (Å²) in [6.07, 6.45) is 2.94. The molecule has 5 heteroatoms. The van der Waals surface area contributed by atoms with Crippen molar-refractivity contribution in [1.29, 1.82) is 0 Å². The van der Waals surface area contributed by atoms with Gasteiger partial charge in [-0.3, -0.25) is 4.90 Å². The maximum Gasteiger partial charge on any atom is 0.226 e. The van der Waals surface area contributed by atoms with Gasteiger partial charge < -0.3 is 10.2 Å². The van der Waals surface area contributed by atoms with Crippen molar-refractivity contribution < 1.29 is 0 Å². The van der Waals surface area contributed by atoms with Gasteiger partial charge in [0.2, 0.25) is 5.95 Å². The van der Waals surface area contributed by atoms with Gasteiger partial charge in [-0.15, -0.1) is 0 Å². The molecule has 1 aliphatic heterocycles. The molecule has 3 aromatic rings. The lowest BCUT2D eigenvalue weighted by Gasteiger charge is -2.18. The SMILES string of the molecule is CN(C)c1nccc(NC2CCN(Cc3cccc4ccccc34)C2)n1. The molecule has 1 aliphatic rings. The molecule has 0 amide bonds. The average molecular weight is 347 g/mol. The van der Waals surface area contributed by atoms with Crippen molar-refractivity contribution >= 4 is 22.5 Å². The van der Waals surface area contributed by atoms with Crippen molar-refractivity contribution in [2.45, 2.75) is 19.0 Å². The van der Waals surface area contributed by atoms with Gasteiger partial charge in [0.05, 0.1) is 0 Å². The number of nitrogens with zero attached hydrogens (tertiary/aromatic N) is 4. The summed E-state index contributed by atoms with van der Waals surface area (Å²) >= 11 is 0. The highest BCUT2D eigenvalue weighted by atomic mass is 15.2. The van der Waals surface area contributed by atoms with Crippen LogP contribution in [0.2, 0.25) is 0 Å². The summed E-state index contributed by atoms with van der Waals surface area (Å²) in [5, 5.41) is 6.24. The molecule has 0 radical (unpaired) electrons. The number of anilines is 2. The predicted molar refractivity (Wildman–Crippen MR) is 108 cm³/mol. The number of benzene rings is 2. The van der Waals surface area contributed by atoms with Crippen LogP contribution in [0.25, 0.3) is 10.8 Å². The van der Waals surface area contributed by atoms with Crippen LogP contribution in [-0.2, 0) is 6.54 Å². The standard InChI is InChI=1S/C21H25N5/c1-25(2)21-22-12-10-20(24-21)23-18-11-13-26(15-18)14-17-8-5-7-16-6-3-4-9-19(16)17/h3-10,12,18H,11,13-15H2,1-2H3,(H,22,23,24). The second-order valence-corrected chi connectivity index (χ2v) is 7.14. The Morgan fingerprint density at radius 1 is 1.12 bits per heavy atom. The Morgan fingerprint density at radius 3 is 2.85 bits per heavy atom. The first-order valence-electron chi connectivity index (χ1n) is 9.15. The van der Waals surface area contributed by atoms with Crippen molar-refractivity contribution in [2.24, 2.45) is 0 Å². The predicted octanol–water partition coefficient (Wildman–Crippen LogP) is 3.38. The summed E-state index contributed by atoms with van der Waals surface area (Å²) in [5.74, 6) is 1.64. The van der Waals surface area contributed by atoms with E-state index in [4.69, 9.17) is 0 Å². The minimum absolute atomic E-state index is 0.426. The van der Waals surface area contributed by atoms with Crippen LogP contribution in [0.15, 0.2) is 54.7 Å². The first-order chi connectivity index (χ1) is 12.7. The molecule has 0 aliphatic carbocycles. The summed E-state index contributed by atoms with van der Waals surface area (Å²) in [7, 11) is 3.92. The first-order valence-corrected chi connectivity index (χ1v) is 9.15. The molecule has 1 aromatic heterocycles. The average Bonchev–Trinajstić information content (AvgIpc) is 3.09. The van der Waals surface area contributed by atoms with E-state index >= 15 is 0 Å². The highest BCUT2D eigenvalue weighted by Gasteiger charge is 2.23. The third-order valence-electron chi connectivity index (χ3n) is 4.94. The van der Waals surface area contributed by atoms with Gasteiger partial charge in [-0.25, -0.2) is 4.98 Å². The number of hydrogen-bond donors (Lipinski definition) is 1. The normalized spacial score (nSPS) is 17.5. The molecule has 0 saturated carbocycles. The second-order valence-electron chi connectivity index (χ2n) is 7.14. The zero-order chi connectivity index (χ0) is 17.9. The summed E-state index contributed by atoms with van der Waals surface area (Å²) in [6.45, 7) is 3.13. The maximum atomic E-state index is 4.57. The number of fused-ring (bicyclic) bond motifs is 1. The first kappa shape index (κ1) is 16.8. The number of hydrogen-bond acceptors (Lipinski definition) is 5. The number of aromatic nitrogens is 2. The Morgan fingerprint density at radius 2 is 1.96 bits per heavy atom. The van der Waals surface area contributed by atoms with E-state index in [0.717, 1.165) is 37.8 Å². The molecule has 1 unspecified atom stereocenters. The molecule has 4 rings (SSSR count). The van der Waals surface area contributed by atoms with E-state index in [-0.39, 0.29) is 0 Å². The van der Waals surface area contributed by atoms with E-state index in [1.807, 2.05) is 31.3 Å². The fourth-order valence-electron chi connectivity index (χ4n) is 3.62. The van der Waals surface area contributed by atoms with Crippen molar-refractivity contribution in [2.75, 3.05) is 37.4 Å². The summed E-state index contributed by atoms with van der Waals surface area (Å²) in [5.41, 5.74) is 1.40. The van der Waals surface area contributed by atoms with Crippen LogP contribution in [0.3, 0.4) is 0 Å². The molecule has 134 valence electrons. The zero-order valence-electron chi connectivity index (χ0n) is 15.4. The third kappa shape index (κ3) is 3.63. The van der Waals surface area contributed by atoms with Gasteiger partial charge in [0.1, 0.15) is 5.82 Å². The molecule has 1 N–H and O–H groups in total. The Balaban J connectivity index is 1.41. The van der Waals surface area contributed by atoms with E-state index in [2.05, 4.69) is 62.6 Å². The molecule has 2 aromatic carbocycles. The monoisotopic (exact) mass is 347 g/mol. The van der Waals surface area contributed by atoms with E-state index in [1.54, 1.807) is 0 Å². The minimum atomic E-state index is 0.426. The van der Waals surface area contributed by atoms with Crippen molar-refractivity contribution in [1.82, 2.24) is 14.9 Å². The van der Waals surface area contributed by atoms with Crippen LogP contribution < -0.4 is 10.2 Å². The third-order valence-corrected chi connectivity index (χ3v) is 4.94. The van der Waals surface area contributed by atoms with Gasteiger partial charge in [0.25, 0.3) is 0 Å². The van der Waals surface area contributed by atoms with Crippen LogP contribution >= 0.6 is 0 Å².